The van der Waals surface area contributed by atoms with E-state index < -0.39 is 0 Å². The summed E-state index contributed by atoms with van der Waals surface area (Å²) < 4.78 is 9.18. The van der Waals surface area contributed by atoms with Gasteiger partial charge >= 0.3 is 11.9 Å². The first-order valence-corrected chi connectivity index (χ1v) is 7.86. The molecule has 0 unspecified atom stereocenters. The second kappa shape index (κ2) is 12.3. The first-order valence-electron chi connectivity index (χ1n) is 7.86. The van der Waals surface area contributed by atoms with E-state index in [-0.39, 0.29) is 11.9 Å². The van der Waals surface area contributed by atoms with Gasteiger partial charge in [-0.1, -0.05) is 60.7 Å². The van der Waals surface area contributed by atoms with Crippen LogP contribution in [0.15, 0.2) is 72.8 Å². The molecule has 25 heavy (non-hydrogen) atoms. The van der Waals surface area contributed by atoms with E-state index in [1.165, 1.54) is 19.3 Å². The SMILES string of the molecule is CCOC(=O)/C=C/c1ccccc1.COC(=O)/C=C/c1ccccc1. The number of carbonyl (C=O) groups excluding carboxylic acids is 2. The molecule has 0 aliphatic heterocycles. The minimum Gasteiger partial charge on any atom is -0.466 e. The highest BCUT2D eigenvalue weighted by Crippen LogP contribution is 2.01. The van der Waals surface area contributed by atoms with Crippen molar-refractivity contribution >= 4 is 24.1 Å². The molecule has 0 fully saturated rings. The van der Waals surface area contributed by atoms with Gasteiger partial charge in [-0.05, 0) is 30.2 Å². The van der Waals surface area contributed by atoms with E-state index in [9.17, 15) is 9.59 Å². The van der Waals surface area contributed by atoms with Crippen molar-refractivity contribution in [1.29, 1.82) is 0 Å². The average molecular weight is 338 g/mol. The van der Waals surface area contributed by atoms with Crippen LogP contribution in [0.4, 0.5) is 0 Å². The molecule has 0 amide bonds. The topological polar surface area (TPSA) is 52.6 Å². The highest BCUT2D eigenvalue weighted by Gasteiger charge is 1.92. The van der Waals surface area contributed by atoms with Gasteiger partial charge in [-0.2, -0.15) is 0 Å². The number of methoxy groups -OCH3 is 1. The van der Waals surface area contributed by atoms with Crippen LogP contribution in [0.5, 0.6) is 0 Å². The molecule has 0 N–H and O–H groups in total. The van der Waals surface area contributed by atoms with Crippen molar-refractivity contribution < 1.29 is 19.1 Å². The molecule has 0 radical (unpaired) electrons. The number of hydrogen-bond acceptors (Lipinski definition) is 4. The van der Waals surface area contributed by atoms with E-state index in [4.69, 9.17) is 4.74 Å². The van der Waals surface area contributed by atoms with Gasteiger partial charge < -0.3 is 9.47 Å². The van der Waals surface area contributed by atoms with Crippen molar-refractivity contribution in [2.24, 2.45) is 0 Å². The first-order chi connectivity index (χ1) is 12.2. The molecule has 0 aliphatic rings. The molecule has 0 atom stereocenters. The number of hydrogen-bond donors (Lipinski definition) is 0. The van der Waals surface area contributed by atoms with Crippen molar-refractivity contribution in [3.8, 4) is 0 Å². The fourth-order valence-corrected chi connectivity index (χ4v) is 1.72. The van der Waals surface area contributed by atoms with E-state index in [1.807, 2.05) is 60.7 Å². The molecule has 0 aliphatic carbocycles. The summed E-state index contributed by atoms with van der Waals surface area (Å²) >= 11 is 0. The molecule has 2 aromatic rings. The lowest BCUT2D eigenvalue weighted by Gasteiger charge is -1.94. The zero-order valence-corrected chi connectivity index (χ0v) is 14.4. The highest BCUT2D eigenvalue weighted by molar-refractivity contribution is 5.87. The van der Waals surface area contributed by atoms with Crippen LogP contribution < -0.4 is 0 Å². The lowest BCUT2D eigenvalue weighted by Crippen LogP contribution is -1.98. The van der Waals surface area contributed by atoms with E-state index in [2.05, 4.69) is 4.74 Å². The molecule has 4 heteroatoms. The monoisotopic (exact) mass is 338 g/mol. The number of ether oxygens (including phenoxy) is 2. The first kappa shape index (κ1) is 19.9. The summed E-state index contributed by atoms with van der Waals surface area (Å²) in [5.41, 5.74) is 1.98. The fraction of sp³-hybridized carbons (Fsp3) is 0.143. The van der Waals surface area contributed by atoms with Crippen LogP contribution in [-0.4, -0.2) is 25.7 Å². The van der Waals surface area contributed by atoms with Gasteiger partial charge in [0.2, 0.25) is 0 Å². The van der Waals surface area contributed by atoms with Crippen LogP contribution in [0.1, 0.15) is 18.1 Å². The van der Waals surface area contributed by atoms with Gasteiger partial charge in [0, 0.05) is 12.2 Å². The number of esters is 2. The van der Waals surface area contributed by atoms with Crippen LogP contribution in [0.3, 0.4) is 0 Å². The van der Waals surface area contributed by atoms with E-state index >= 15 is 0 Å². The van der Waals surface area contributed by atoms with E-state index in [0.717, 1.165) is 11.1 Å². The van der Waals surface area contributed by atoms with Crippen molar-refractivity contribution in [2.75, 3.05) is 13.7 Å². The Hall–Kier alpha value is -3.14. The van der Waals surface area contributed by atoms with Gasteiger partial charge in [-0.15, -0.1) is 0 Å². The maximum Gasteiger partial charge on any atom is 0.330 e. The largest absolute Gasteiger partial charge is 0.466 e. The molecule has 130 valence electrons. The highest BCUT2D eigenvalue weighted by atomic mass is 16.5. The molecule has 0 heterocycles. The minimum atomic E-state index is -0.334. The Labute approximate surface area is 148 Å². The van der Waals surface area contributed by atoms with Crippen molar-refractivity contribution in [2.45, 2.75) is 6.92 Å². The van der Waals surface area contributed by atoms with Crippen LogP contribution in [0.25, 0.3) is 12.2 Å². The normalized spacial score (nSPS) is 10.2. The Morgan fingerprint density at radius 1 is 0.800 bits per heavy atom. The van der Waals surface area contributed by atoms with Gasteiger partial charge in [0.15, 0.2) is 0 Å². The maximum atomic E-state index is 10.9. The number of rotatable bonds is 5. The van der Waals surface area contributed by atoms with Crippen molar-refractivity contribution in [3.05, 3.63) is 83.9 Å². The third-order valence-corrected chi connectivity index (χ3v) is 2.91. The fourth-order valence-electron chi connectivity index (χ4n) is 1.72. The molecular weight excluding hydrogens is 316 g/mol. The molecular formula is C21H22O4. The summed E-state index contributed by atoms with van der Waals surface area (Å²) in [6, 6.07) is 19.2. The van der Waals surface area contributed by atoms with Crippen molar-refractivity contribution in [3.63, 3.8) is 0 Å². The lowest BCUT2D eigenvalue weighted by molar-refractivity contribution is -0.137. The molecule has 0 bridgehead atoms. The molecule has 0 spiro atoms. The Balaban J connectivity index is 0.000000251. The molecule has 0 saturated heterocycles. The van der Waals surface area contributed by atoms with Crippen LogP contribution in [-0.2, 0) is 19.1 Å². The van der Waals surface area contributed by atoms with Gasteiger partial charge in [-0.25, -0.2) is 9.59 Å². The number of benzene rings is 2. The summed E-state index contributed by atoms with van der Waals surface area (Å²) in [6.45, 7) is 2.20. The Morgan fingerprint density at radius 2 is 1.24 bits per heavy atom. The third kappa shape index (κ3) is 9.56. The molecule has 2 rings (SSSR count). The third-order valence-electron chi connectivity index (χ3n) is 2.91. The Kier molecular flexibility index (Phi) is 9.80. The van der Waals surface area contributed by atoms with Gasteiger partial charge in [-0.3, -0.25) is 0 Å². The van der Waals surface area contributed by atoms with Crippen LogP contribution >= 0.6 is 0 Å². The lowest BCUT2D eigenvalue weighted by atomic mass is 10.2. The van der Waals surface area contributed by atoms with Crippen LogP contribution in [0, 0.1) is 0 Å². The second-order valence-electron chi connectivity index (χ2n) is 4.76. The van der Waals surface area contributed by atoms with E-state index in [1.54, 1.807) is 19.1 Å². The smallest absolute Gasteiger partial charge is 0.330 e. The van der Waals surface area contributed by atoms with Crippen molar-refractivity contribution in [1.82, 2.24) is 0 Å². The summed E-state index contributed by atoms with van der Waals surface area (Å²) in [7, 11) is 1.36. The minimum absolute atomic E-state index is 0.300. The van der Waals surface area contributed by atoms with Gasteiger partial charge in [0.05, 0.1) is 13.7 Å². The zero-order valence-electron chi connectivity index (χ0n) is 14.4. The summed E-state index contributed by atoms with van der Waals surface area (Å²) in [4.78, 5) is 21.6. The molecule has 4 nitrogen and oxygen atoms in total. The zero-order chi connectivity index (χ0) is 18.3. The van der Waals surface area contributed by atoms with E-state index in [0.29, 0.717) is 6.61 Å². The average Bonchev–Trinajstić information content (AvgIpc) is 2.67. The maximum absolute atomic E-state index is 10.9. The molecule has 0 aromatic heterocycles. The summed E-state index contributed by atoms with van der Waals surface area (Å²) in [6.07, 6.45) is 6.28. The predicted molar refractivity (Wildman–Crippen MR) is 99.6 cm³/mol. The van der Waals surface area contributed by atoms with Crippen LogP contribution in [0.2, 0.25) is 0 Å². The summed E-state index contributed by atoms with van der Waals surface area (Å²) in [5, 5.41) is 0. The Morgan fingerprint density at radius 3 is 1.64 bits per heavy atom. The standard InChI is InChI=1S/C11H12O2.C10H10O2/c1-2-13-11(12)9-8-10-6-4-3-5-7-10;1-12-10(11)8-7-9-5-3-2-4-6-9/h3-9H,2H2,1H3;2-8H,1H3/b9-8+;8-7+. The quantitative estimate of drug-likeness (QED) is 0.607. The van der Waals surface area contributed by atoms with Gasteiger partial charge in [0.25, 0.3) is 0 Å². The molecule has 0 saturated carbocycles. The molecule has 2 aromatic carbocycles. The predicted octanol–water partition coefficient (Wildman–Crippen LogP) is 4.14. The summed E-state index contributed by atoms with van der Waals surface area (Å²) in [5.74, 6) is -0.634. The number of carbonyl (C=O) groups is 2. The van der Waals surface area contributed by atoms with Gasteiger partial charge in [0.1, 0.15) is 0 Å². The second-order valence-corrected chi connectivity index (χ2v) is 4.76. The Bertz CT molecular complexity index is 688.